The topological polar surface area (TPSA) is 21.3 Å². The Kier molecular flexibility index (Phi) is 3.05. The van der Waals surface area contributed by atoms with Gasteiger partial charge in [0.05, 0.1) is 13.2 Å². The third kappa shape index (κ3) is 2.05. The zero-order chi connectivity index (χ0) is 15.3. The third-order valence-corrected chi connectivity index (χ3v) is 5.51. The maximum absolute atomic E-state index is 5.46. The van der Waals surface area contributed by atoms with Gasteiger partial charge in [0.15, 0.2) is 0 Å². The van der Waals surface area contributed by atoms with Crippen LogP contribution in [0.5, 0.6) is 5.75 Å². The Hall–Kier alpha value is -1.80. The van der Waals surface area contributed by atoms with Crippen molar-refractivity contribution in [3.63, 3.8) is 0 Å². The fraction of sp³-hybridized carbons (Fsp3) is 0.400. The van der Waals surface area contributed by atoms with E-state index in [0.29, 0.717) is 11.5 Å². The number of methoxy groups -OCH3 is 1. The predicted octanol–water partition coefficient (Wildman–Crippen LogP) is 4.04. The molecule has 1 atom stereocenters. The van der Waals surface area contributed by atoms with Crippen molar-refractivity contribution in [2.24, 2.45) is 0 Å². The van der Waals surface area contributed by atoms with Gasteiger partial charge in [0.2, 0.25) is 0 Å². The van der Waals surface area contributed by atoms with Gasteiger partial charge in [-0.2, -0.15) is 0 Å². The van der Waals surface area contributed by atoms with Crippen LogP contribution in [0.3, 0.4) is 0 Å². The number of ether oxygens (including phenoxy) is 1. The van der Waals surface area contributed by atoms with Crippen molar-refractivity contribution in [2.45, 2.75) is 38.1 Å². The summed E-state index contributed by atoms with van der Waals surface area (Å²) < 4.78 is 5.46. The molecule has 114 valence electrons. The van der Waals surface area contributed by atoms with Crippen LogP contribution in [0.15, 0.2) is 36.4 Å². The lowest BCUT2D eigenvalue weighted by Crippen LogP contribution is -2.38. The molecule has 22 heavy (non-hydrogen) atoms. The highest BCUT2D eigenvalue weighted by Crippen LogP contribution is 2.53. The minimum absolute atomic E-state index is 0.298. The molecule has 1 N–H and O–H groups in total. The van der Waals surface area contributed by atoms with Crippen molar-refractivity contribution >= 4 is 0 Å². The number of hydrogen-bond acceptors (Lipinski definition) is 2. The molecule has 0 amide bonds. The van der Waals surface area contributed by atoms with E-state index in [9.17, 15) is 0 Å². The second-order valence-electron chi connectivity index (χ2n) is 6.89. The molecule has 2 aromatic rings. The van der Waals surface area contributed by atoms with E-state index < -0.39 is 0 Å². The van der Waals surface area contributed by atoms with E-state index in [4.69, 9.17) is 4.74 Å². The second-order valence-corrected chi connectivity index (χ2v) is 6.89. The van der Waals surface area contributed by atoms with E-state index in [1.165, 1.54) is 40.7 Å². The van der Waals surface area contributed by atoms with Crippen LogP contribution in [0.1, 0.15) is 46.7 Å². The fourth-order valence-electron chi connectivity index (χ4n) is 3.71. The number of hydrogen-bond donors (Lipinski definition) is 1. The number of rotatable bonds is 2. The van der Waals surface area contributed by atoms with Crippen LogP contribution in [-0.4, -0.2) is 13.7 Å². The van der Waals surface area contributed by atoms with Gasteiger partial charge in [-0.25, -0.2) is 0 Å². The van der Waals surface area contributed by atoms with Crippen LogP contribution in [0.25, 0.3) is 0 Å². The summed E-state index contributed by atoms with van der Waals surface area (Å²) in [7, 11) is 1.75. The molecule has 2 nitrogen and oxygen atoms in total. The molecule has 0 saturated heterocycles. The SMILES string of the molecule is COc1ccc2c(c1)C1(CC1)CNC2c1ccc(C)c(C)c1. The summed E-state index contributed by atoms with van der Waals surface area (Å²) in [6.45, 7) is 5.44. The zero-order valence-electron chi connectivity index (χ0n) is 13.6. The van der Waals surface area contributed by atoms with Crippen molar-refractivity contribution in [1.82, 2.24) is 5.32 Å². The first-order valence-corrected chi connectivity index (χ1v) is 8.12. The maximum Gasteiger partial charge on any atom is 0.119 e. The van der Waals surface area contributed by atoms with E-state index in [-0.39, 0.29) is 0 Å². The van der Waals surface area contributed by atoms with Gasteiger partial charge in [0.1, 0.15) is 5.75 Å². The molecule has 2 aliphatic rings. The van der Waals surface area contributed by atoms with Gasteiger partial charge in [-0.3, -0.25) is 0 Å². The third-order valence-electron chi connectivity index (χ3n) is 5.51. The van der Waals surface area contributed by atoms with Crippen LogP contribution in [0.2, 0.25) is 0 Å². The lowest BCUT2D eigenvalue weighted by atomic mass is 9.81. The normalized spacial score (nSPS) is 21.5. The molecule has 4 rings (SSSR count). The Morgan fingerprint density at radius 2 is 1.86 bits per heavy atom. The maximum atomic E-state index is 5.46. The Bertz CT molecular complexity index is 730. The summed E-state index contributed by atoms with van der Waals surface area (Å²) in [4.78, 5) is 0. The van der Waals surface area contributed by atoms with Crippen LogP contribution in [-0.2, 0) is 5.41 Å². The Balaban J connectivity index is 1.81. The largest absolute Gasteiger partial charge is 0.497 e. The minimum atomic E-state index is 0.298. The van der Waals surface area contributed by atoms with Gasteiger partial charge in [-0.1, -0.05) is 24.3 Å². The Morgan fingerprint density at radius 3 is 2.55 bits per heavy atom. The Morgan fingerprint density at radius 1 is 1.05 bits per heavy atom. The highest BCUT2D eigenvalue weighted by atomic mass is 16.5. The second kappa shape index (κ2) is 4.85. The molecule has 2 heteroatoms. The summed E-state index contributed by atoms with van der Waals surface area (Å²) in [5.74, 6) is 0.978. The summed E-state index contributed by atoms with van der Waals surface area (Å²) in [6.07, 6.45) is 2.58. The lowest BCUT2D eigenvalue weighted by molar-refractivity contribution is 0.410. The van der Waals surface area contributed by atoms with E-state index in [1.54, 1.807) is 7.11 Å². The molecular weight excluding hydrogens is 270 g/mol. The van der Waals surface area contributed by atoms with Crippen molar-refractivity contribution in [1.29, 1.82) is 0 Å². The average molecular weight is 293 g/mol. The summed E-state index contributed by atoms with van der Waals surface area (Å²) in [5.41, 5.74) is 7.36. The quantitative estimate of drug-likeness (QED) is 0.902. The molecule has 1 heterocycles. The lowest BCUT2D eigenvalue weighted by Gasteiger charge is -2.34. The number of fused-ring (bicyclic) bond motifs is 2. The molecule has 0 aromatic heterocycles. The molecule has 0 radical (unpaired) electrons. The van der Waals surface area contributed by atoms with E-state index in [1.807, 2.05) is 0 Å². The first-order valence-electron chi connectivity index (χ1n) is 8.12. The summed E-state index contributed by atoms with van der Waals surface area (Å²) in [6, 6.07) is 13.7. The number of nitrogens with one attached hydrogen (secondary N) is 1. The molecule has 1 saturated carbocycles. The van der Waals surface area contributed by atoms with E-state index in [2.05, 4.69) is 55.6 Å². The summed E-state index contributed by atoms with van der Waals surface area (Å²) >= 11 is 0. The molecule has 2 aromatic carbocycles. The number of benzene rings is 2. The van der Waals surface area contributed by atoms with Crippen LogP contribution < -0.4 is 10.1 Å². The zero-order valence-corrected chi connectivity index (χ0v) is 13.6. The van der Waals surface area contributed by atoms with Crippen LogP contribution in [0, 0.1) is 13.8 Å². The first-order chi connectivity index (χ1) is 10.6. The highest BCUT2D eigenvalue weighted by molar-refractivity contribution is 5.51. The fourth-order valence-corrected chi connectivity index (χ4v) is 3.71. The molecule has 1 aliphatic carbocycles. The predicted molar refractivity (Wildman–Crippen MR) is 89.7 cm³/mol. The average Bonchev–Trinajstić information content (AvgIpc) is 3.31. The van der Waals surface area contributed by atoms with Crippen molar-refractivity contribution in [3.8, 4) is 5.75 Å². The molecular formula is C20H23NO. The van der Waals surface area contributed by atoms with Crippen LogP contribution >= 0.6 is 0 Å². The van der Waals surface area contributed by atoms with Gasteiger partial charge >= 0.3 is 0 Å². The number of aryl methyl sites for hydroxylation is 2. The van der Waals surface area contributed by atoms with Gasteiger partial charge in [0.25, 0.3) is 0 Å². The molecule has 1 spiro atoms. The van der Waals surface area contributed by atoms with E-state index >= 15 is 0 Å². The van der Waals surface area contributed by atoms with Crippen LogP contribution in [0.4, 0.5) is 0 Å². The highest BCUT2D eigenvalue weighted by Gasteiger charge is 2.49. The summed E-state index contributed by atoms with van der Waals surface area (Å²) in [5, 5.41) is 3.79. The minimum Gasteiger partial charge on any atom is -0.497 e. The van der Waals surface area contributed by atoms with E-state index in [0.717, 1.165) is 12.3 Å². The molecule has 1 fully saturated rings. The van der Waals surface area contributed by atoms with Gasteiger partial charge in [-0.15, -0.1) is 0 Å². The van der Waals surface area contributed by atoms with Gasteiger partial charge < -0.3 is 10.1 Å². The van der Waals surface area contributed by atoms with Crippen molar-refractivity contribution in [2.75, 3.05) is 13.7 Å². The Labute approximate surface area is 132 Å². The van der Waals surface area contributed by atoms with Crippen molar-refractivity contribution in [3.05, 3.63) is 64.2 Å². The molecule has 0 bridgehead atoms. The monoisotopic (exact) mass is 293 g/mol. The standard InChI is InChI=1S/C20H23NO/c1-13-4-5-15(10-14(13)2)19-17-7-6-16(22-3)11-18(17)20(8-9-20)12-21-19/h4-7,10-11,19,21H,8-9,12H2,1-3H3. The van der Waals surface area contributed by atoms with Gasteiger partial charge in [0, 0.05) is 12.0 Å². The smallest absolute Gasteiger partial charge is 0.119 e. The molecule has 1 unspecified atom stereocenters. The van der Waals surface area contributed by atoms with Gasteiger partial charge in [-0.05, 0) is 66.6 Å². The van der Waals surface area contributed by atoms with Crippen molar-refractivity contribution < 1.29 is 4.74 Å². The molecule has 1 aliphatic heterocycles. The first kappa shape index (κ1) is 13.8.